The summed E-state index contributed by atoms with van der Waals surface area (Å²) < 4.78 is 0. The van der Waals surface area contributed by atoms with Gasteiger partial charge in [0.25, 0.3) is 5.91 Å². The number of hydrogen-bond donors (Lipinski definition) is 1. The van der Waals surface area contributed by atoms with Gasteiger partial charge in [-0.2, -0.15) is 11.3 Å². The van der Waals surface area contributed by atoms with Crippen LogP contribution in [-0.2, 0) is 4.79 Å². The Bertz CT molecular complexity index is 617. The third-order valence-electron chi connectivity index (χ3n) is 6.41. The van der Waals surface area contributed by atoms with Crippen molar-refractivity contribution in [3.63, 3.8) is 0 Å². The molecular weight excluding hydrogens is 370 g/mol. The van der Waals surface area contributed by atoms with E-state index < -0.39 is 0 Å². The number of nitrogens with two attached hydrogens (primary N) is 1. The first-order chi connectivity index (χ1) is 12.1. The van der Waals surface area contributed by atoms with Crippen molar-refractivity contribution in [3.05, 3.63) is 22.4 Å². The number of piperazine rings is 1. The molecule has 3 aliphatic rings. The van der Waals surface area contributed by atoms with Gasteiger partial charge >= 0.3 is 0 Å². The Morgan fingerprint density at radius 2 is 1.65 bits per heavy atom. The van der Waals surface area contributed by atoms with Crippen molar-refractivity contribution >= 4 is 35.6 Å². The Hall–Kier alpha value is -1.11. The van der Waals surface area contributed by atoms with E-state index in [0.717, 1.165) is 18.4 Å². The van der Waals surface area contributed by atoms with E-state index in [1.807, 2.05) is 26.6 Å². The molecule has 144 valence electrons. The fourth-order valence-electron chi connectivity index (χ4n) is 4.95. The van der Waals surface area contributed by atoms with Crippen LogP contribution < -0.4 is 5.73 Å². The highest BCUT2D eigenvalue weighted by atomic mass is 35.5. The maximum absolute atomic E-state index is 13.0. The Balaban J connectivity index is 0.00000196. The van der Waals surface area contributed by atoms with Gasteiger partial charge in [-0.25, -0.2) is 0 Å². The topological polar surface area (TPSA) is 66.6 Å². The highest BCUT2D eigenvalue weighted by molar-refractivity contribution is 7.08. The fourth-order valence-corrected chi connectivity index (χ4v) is 5.58. The van der Waals surface area contributed by atoms with Crippen LogP contribution in [0.15, 0.2) is 16.8 Å². The molecule has 0 spiro atoms. The van der Waals surface area contributed by atoms with Crippen LogP contribution >= 0.6 is 23.7 Å². The molecule has 7 heteroatoms. The summed E-state index contributed by atoms with van der Waals surface area (Å²) in [7, 11) is 0. The standard InChI is InChI=1S/C19H27N3O2S.ClH/c20-17-13-2-1-3-14(17)11-16(10-13)19(24)22-7-5-21(6-8-22)18(23)15-4-9-25-12-15;/h4,9,12-14,16-17H,1-3,5-8,10-11,20H2;1H. The first kappa shape index (κ1) is 19.6. The zero-order valence-electron chi connectivity index (χ0n) is 15.0. The second kappa shape index (κ2) is 8.28. The summed E-state index contributed by atoms with van der Waals surface area (Å²) in [6.45, 7) is 2.60. The molecule has 2 atom stereocenters. The second-order valence-corrected chi connectivity index (χ2v) is 8.61. The third-order valence-corrected chi connectivity index (χ3v) is 7.09. The van der Waals surface area contributed by atoms with E-state index in [1.54, 1.807) is 11.3 Å². The van der Waals surface area contributed by atoms with Crippen molar-refractivity contribution in [2.24, 2.45) is 23.5 Å². The lowest BCUT2D eigenvalue weighted by molar-refractivity contribution is -0.140. The summed E-state index contributed by atoms with van der Waals surface area (Å²) in [5.41, 5.74) is 7.12. The van der Waals surface area contributed by atoms with Gasteiger partial charge in [-0.05, 0) is 49.0 Å². The molecule has 2 amide bonds. The summed E-state index contributed by atoms with van der Waals surface area (Å²) in [6, 6.07) is 2.17. The molecule has 2 saturated carbocycles. The normalized spacial score (nSPS) is 31.3. The van der Waals surface area contributed by atoms with Gasteiger partial charge in [0.2, 0.25) is 5.91 Å². The molecule has 0 radical (unpaired) electrons. The molecule has 2 aliphatic carbocycles. The number of nitrogens with zero attached hydrogens (tertiary/aromatic N) is 2. The predicted octanol–water partition coefficient (Wildman–Crippen LogP) is 2.61. The van der Waals surface area contributed by atoms with E-state index >= 15 is 0 Å². The van der Waals surface area contributed by atoms with Crippen molar-refractivity contribution in [1.82, 2.24) is 9.80 Å². The molecule has 3 fully saturated rings. The lowest BCUT2D eigenvalue weighted by Crippen LogP contribution is -2.54. The molecule has 0 aromatic carbocycles. The van der Waals surface area contributed by atoms with Crippen LogP contribution in [0.2, 0.25) is 0 Å². The molecule has 26 heavy (non-hydrogen) atoms. The largest absolute Gasteiger partial charge is 0.339 e. The number of amides is 2. The third kappa shape index (κ3) is 3.78. The van der Waals surface area contributed by atoms with Crippen molar-refractivity contribution in [3.8, 4) is 0 Å². The molecule has 4 rings (SSSR count). The van der Waals surface area contributed by atoms with Crippen LogP contribution in [0.3, 0.4) is 0 Å². The lowest BCUT2D eigenvalue weighted by Gasteiger charge is -2.45. The highest BCUT2D eigenvalue weighted by Crippen LogP contribution is 2.42. The molecule has 1 aliphatic heterocycles. The molecule has 2 unspecified atom stereocenters. The fraction of sp³-hybridized carbons (Fsp3) is 0.684. The first-order valence-corrected chi connectivity index (χ1v) is 10.4. The SMILES string of the molecule is Cl.NC1C2CCCC1CC(C(=O)N1CCN(C(=O)c3ccsc3)CC1)C2. The number of rotatable bonds is 2. The minimum Gasteiger partial charge on any atom is -0.339 e. The van der Waals surface area contributed by atoms with Crippen LogP contribution in [0.1, 0.15) is 42.5 Å². The van der Waals surface area contributed by atoms with Gasteiger partial charge in [0.15, 0.2) is 0 Å². The number of hydrogen-bond acceptors (Lipinski definition) is 4. The molecule has 1 aromatic rings. The van der Waals surface area contributed by atoms with Crippen LogP contribution in [0, 0.1) is 17.8 Å². The molecule has 1 saturated heterocycles. The van der Waals surface area contributed by atoms with E-state index in [2.05, 4.69) is 0 Å². The van der Waals surface area contributed by atoms with Crippen molar-refractivity contribution in [1.29, 1.82) is 0 Å². The highest BCUT2D eigenvalue weighted by Gasteiger charge is 2.42. The van der Waals surface area contributed by atoms with Crippen LogP contribution in [0.4, 0.5) is 0 Å². The van der Waals surface area contributed by atoms with Crippen LogP contribution in [0.5, 0.6) is 0 Å². The van der Waals surface area contributed by atoms with Crippen LogP contribution in [0.25, 0.3) is 0 Å². The zero-order chi connectivity index (χ0) is 17.4. The average Bonchev–Trinajstić information content (AvgIpc) is 3.15. The maximum Gasteiger partial charge on any atom is 0.254 e. The Morgan fingerprint density at radius 1 is 1.04 bits per heavy atom. The predicted molar refractivity (Wildman–Crippen MR) is 106 cm³/mol. The minimum atomic E-state index is 0. The quantitative estimate of drug-likeness (QED) is 0.834. The van der Waals surface area contributed by atoms with E-state index in [4.69, 9.17) is 5.73 Å². The number of thiophene rings is 1. The Morgan fingerprint density at radius 3 is 2.23 bits per heavy atom. The number of fused-ring (bicyclic) bond motifs is 2. The molecule has 2 bridgehead atoms. The van der Waals surface area contributed by atoms with Gasteiger partial charge in [0.05, 0.1) is 5.56 Å². The van der Waals surface area contributed by atoms with E-state index in [-0.39, 0.29) is 24.2 Å². The van der Waals surface area contributed by atoms with Gasteiger partial charge in [0.1, 0.15) is 0 Å². The summed E-state index contributed by atoms with van der Waals surface area (Å²) in [6.07, 6.45) is 5.57. The van der Waals surface area contributed by atoms with Crippen LogP contribution in [-0.4, -0.2) is 53.8 Å². The van der Waals surface area contributed by atoms with Gasteiger partial charge < -0.3 is 15.5 Å². The molecular formula is C19H28ClN3O2S. The van der Waals surface area contributed by atoms with E-state index in [9.17, 15) is 9.59 Å². The van der Waals surface area contributed by atoms with E-state index in [1.165, 1.54) is 19.3 Å². The summed E-state index contributed by atoms with van der Waals surface area (Å²) in [5, 5.41) is 3.82. The Labute approximate surface area is 165 Å². The maximum atomic E-state index is 13.0. The average molecular weight is 398 g/mol. The lowest BCUT2D eigenvalue weighted by atomic mass is 9.65. The summed E-state index contributed by atoms with van der Waals surface area (Å²) in [4.78, 5) is 29.3. The van der Waals surface area contributed by atoms with Gasteiger partial charge in [-0.15, -0.1) is 12.4 Å². The number of halogens is 1. The molecule has 5 nitrogen and oxygen atoms in total. The minimum absolute atomic E-state index is 0. The number of carbonyl (C=O) groups is 2. The van der Waals surface area contributed by atoms with Crippen molar-refractivity contribution in [2.75, 3.05) is 26.2 Å². The second-order valence-electron chi connectivity index (χ2n) is 7.83. The van der Waals surface area contributed by atoms with Crippen molar-refractivity contribution in [2.45, 2.75) is 38.1 Å². The van der Waals surface area contributed by atoms with Gasteiger partial charge in [0, 0.05) is 43.5 Å². The molecule has 2 heterocycles. The smallest absolute Gasteiger partial charge is 0.254 e. The van der Waals surface area contributed by atoms with E-state index in [0.29, 0.717) is 50.0 Å². The summed E-state index contributed by atoms with van der Waals surface area (Å²) in [5.74, 6) is 1.60. The van der Waals surface area contributed by atoms with Crippen molar-refractivity contribution < 1.29 is 9.59 Å². The number of carbonyl (C=O) groups excluding carboxylic acids is 2. The van der Waals surface area contributed by atoms with Gasteiger partial charge in [-0.3, -0.25) is 9.59 Å². The zero-order valence-corrected chi connectivity index (χ0v) is 16.6. The molecule has 2 N–H and O–H groups in total. The summed E-state index contributed by atoms with van der Waals surface area (Å²) >= 11 is 1.54. The molecule has 1 aromatic heterocycles. The first-order valence-electron chi connectivity index (χ1n) is 9.49. The monoisotopic (exact) mass is 397 g/mol. The Kier molecular flexibility index (Phi) is 6.25. The van der Waals surface area contributed by atoms with Gasteiger partial charge in [-0.1, -0.05) is 6.42 Å².